The molecule has 5 heteroatoms. The average molecular weight is 315 g/mol. The van der Waals surface area contributed by atoms with Crippen LogP contribution in [0, 0.1) is 5.92 Å². The maximum Gasteiger partial charge on any atom is 0.316 e. The standard InChI is InChI=1S/C18H25N3O2/c1-12-5-7-15(8-6-12)21(16-9-10-16)17(22)13-3-2-4-14(11-13)20-18(19)23/h2-4,11-12,15-16H,5-10H2,1H3,(H3,19,20,23). The fourth-order valence-corrected chi connectivity index (χ4v) is 3.52. The largest absolute Gasteiger partial charge is 0.351 e. The number of anilines is 1. The van der Waals surface area contributed by atoms with Crippen molar-refractivity contribution in [1.82, 2.24) is 4.90 Å². The van der Waals surface area contributed by atoms with E-state index in [9.17, 15) is 9.59 Å². The Labute approximate surface area is 137 Å². The van der Waals surface area contributed by atoms with Crippen LogP contribution >= 0.6 is 0 Å². The van der Waals surface area contributed by atoms with Gasteiger partial charge in [-0.15, -0.1) is 0 Å². The summed E-state index contributed by atoms with van der Waals surface area (Å²) >= 11 is 0. The van der Waals surface area contributed by atoms with Gasteiger partial charge in [-0.25, -0.2) is 4.79 Å². The van der Waals surface area contributed by atoms with Crippen molar-refractivity contribution in [2.45, 2.75) is 57.5 Å². The van der Waals surface area contributed by atoms with Crippen LogP contribution in [0.2, 0.25) is 0 Å². The molecule has 0 spiro atoms. The third-order valence-corrected chi connectivity index (χ3v) is 4.93. The Morgan fingerprint density at radius 2 is 1.70 bits per heavy atom. The molecule has 1 aromatic carbocycles. The summed E-state index contributed by atoms with van der Waals surface area (Å²) in [6, 6.07) is 7.20. The molecule has 2 aliphatic rings. The summed E-state index contributed by atoms with van der Waals surface area (Å²) in [5, 5.41) is 2.54. The van der Waals surface area contributed by atoms with Gasteiger partial charge in [0.1, 0.15) is 0 Å². The van der Waals surface area contributed by atoms with Gasteiger partial charge in [0.15, 0.2) is 0 Å². The van der Waals surface area contributed by atoms with Crippen molar-refractivity contribution < 1.29 is 9.59 Å². The molecule has 2 aliphatic carbocycles. The highest BCUT2D eigenvalue weighted by atomic mass is 16.2. The van der Waals surface area contributed by atoms with Crippen LogP contribution in [0.1, 0.15) is 55.8 Å². The van der Waals surface area contributed by atoms with Crippen LogP contribution in [0.25, 0.3) is 0 Å². The molecule has 3 N–H and O–H groups in total. The SMILES string of the molecule is CC1CCC(N(C(=O)c2cccc(NC(N)=O)c2)C2CC2)CC1. The van der Waals surface area contributed by atoms with Crippen molar-refractivity contribution >= 4 is 17.6 Å². The second kappa shape index (κ2) is 6.60. The van der Waals surface area contributed by atoms with E-state index in [2.05, 4.69) is 17.1 Å². The predicted octanol–water partition coefficient (Wildman–Crippen LogP) is 3.36. The number of nitrogens with two attached hydrogens (primary N) is 1. The van der Waals surface area contributed by atoms with Crippen LogP contribution in [0.3, 0.4) is 0 Å². The van der Waals surface area contributed by atoms with E-state index < -0.39 is 6.03 Å². The summed E-state index contributed by atoms with van der Waals surface area (Å²) in [6.07, 6.45) is 6.81. The van der Waals surface area contributed by atoms with Gasteiger partial charge < -0.3 is 16.0 Å². The number of primary amides is 1. The van der Waals surface area contributed by atoms with Gasteiger partial charge in [-0.3, -0.25) is 4.79 Å². The molecular formula is C18H25N3O2. The second-order valence-electron chi connectivity index (χ2n) is 6.93. The number of nitrogens with zero attached hydrogens (tertiary/aromatic N) is 1. The lowest BCUT2D eigenvalue weighted by Crippen LogP contribution is -2.43. The number of nitrogens with one attached hydrogen (secondary N) is 1. The van der Waals surface area contributed by atoms with Gasteiger partial charge in [0.05, 0.1) is 0 Å². The summed E-state index contributed by atoms with van der Waals surface area (Å²) in [5.74, 6) is 0.852. The van der Waals surface area contributed by atoms with Crippen LogP contribution < -0.4 is 11.1 Å². The molecule has 124 valence electrons. The maximum atomic E-state index is 13.0. The molecule has 0 unspecified atom stereocenters. The van der Waals surface area contributed by atoms with E-state index in [-0.39, 0.29) is 5.91 Å². The number of rotatable bonds is 4. The van der Waals surface area contributed by atoms with Crippen LogP contribution in [-0.4, -0.2) is 28.9 Å². The Kier molecular flexibility index (Phi) is 4.55. The molecule has 0 heterocycles. The van der Waals surface area contributed by atoms with E-state index in [1.165, 1.54) is 12.8 Å². The van der Waals surface area contributed by atoms with Crippen molar-refractivity contribution in [3.63, 3.8) is 0 Å². The molecule has 3 rings (SSSR count). The van der Waals surface area contributed by atoms with Crippen LogP contribution in [0.15, 0.2) is 24.3 Å². The fourth-order valence-electron chi connectivity index (χ4n) is 3.52. The molecule has 1 aromatic rings. The Balaban J connectivity index is 1.77. The van der Waals surface area contributed by atoms with Gasteiger partial charge in [0.25, 0.3) is 5.91 Å². The molecule has 0 bridgehead atoms. The molecule has 0 atom stereocenters. The van der Waals surface area contributed by atoms with E-state index in [0.29, 0.717) is 23.3 Å². The third kappa shape index (κ3) is 3.84. The van der Waals surface area contributed by atoms with Gasteiger partial charge >= 0.3 is 6.03 Å². The average Bonchev–Trinajstić information content (AvgIpc) is 3.34. The highest BCUT2D eigenvalue weighted by Gasteiger charge is 2.38. The second-order valence-corrected chi connectivity index (χ2v) is 6.93. The Bertz CT molecular complexity index is 590. The van der Waals surface area contributed by atoms with Gasteiger partial charge in [-0.1, -0.05) is 13.0 Å². The first kappa shape index (κ1) is 15.8. The Morgan fingerprint density at radius 1 is 1.09 bits per heavy atom. The zero-order valence-corrected chi connectivity index (χ0v) is 13.6. The minimum atomic E-state index is -0.616. The summed E-state index contributed by atoms with van der Waals surface area (Å²) in [4.78, 5) is 26.1. The number of hydrogen-bond acceptors (Lipinski definition) is 2. The minimum absolute atomic E-state index is 0.0835. The monoisotopic (exact) mass is 315 g/mol. The first-order valence-electron chi connectivity index (χ1n) is 8.54. The summed E-state index contributed by atoms with van der Waals surface area (Å²) in [6.45, 7) is 2.29. The minimum Gasteiger partial charge on any atom is -0.351 e. The lowest BCUT2D eigenvalue weighted by atomic mass is 9.86. The van der Waals surface area contributed by atoms with Crippen molar-refractivity contribution in [3.8, 4) is 0 Å². The number of carbonyl (C=O) groups excluding carboxylic acids is 2. The van der Waals surface area contributed by atoms with Crippen molar-refractivity contribution in [3.05, 3.63) is 29.8 Å². The van der Waals surface area contributed by atoms with E-state index in [1.807, 2.05) is 6.07 Å². The topological polar surface area (TPSA) is 75.4 Å². The number of hydrogen-bond donors (Lipinski definition) is 2. The zero-order valence-electron chi connectivity index (χ0n) is 13.6. The predicted molar refractivity (Wildman–Crippen MR) is 90.3 cm³/mol. The van der Waals surface area contributed by atoms with Crippen LogP contribution in [0.4, 0.5) is 10.5 Å². The van der Waals surface area contributed by atoms with E-state index in [1.54, 1.807) is 18.2 Å². The lowest BCUT2D eigenvalue weighted by molar-refractivity contribution is 0.0593. The highest BCUT2D eigenvalue weighted by molar-refractivity contribution is 5.97. The molecule has 2 saturated carbocycles. The molecule has 3 amide bonds. The lowest BCUT2D eigenvalue weighted by Gasteiger charge is -2.36. The van der Waals surface area contributed by atoms with Gasteiger partial charge in [0.2, 0.25) is 0 Å². The number of urea groups is 1. The normalized spacial score (nSPS) is 24.0. The van der Waals surface area contributed by atoms with E-state index in [0.717, 1.165) is 31.6 Å². The molecule has 5 nitrogen and oxygen atoms in total. The molecule has 2 fully saturated rings. The van der Waals surface area contributed by atoms with E-state index in [4.69, 9.17) is 5.73 Å². The number of amides is 3. The summed E-state index contributed by atoms with van der Waals surface area (Å²) in [5.41, 5.74) is 6.35. The van der Waals surface area contributed by atoms with Crippen LogP contribution in [0.5, 0.6) is 0 Å². The fraction of sp³-hybridized carbons (Fsp3) is 0.556. The Hall–Kier alpha value is -2.04. The molecule has 0 aromatic heterocycles. The third-order valence-electron chi connectivity index (χ3n) is 4.93. The quantitative estimate of drug-likeness (QED) is 0.894. The molecule has 0 aliphatic heterocycles. The first-order chi connectivity index (χ1) is 11.0. The van der Waals surface area contributed by atoms with Crippen molar-refractivity contribution in [2.75, 3.05) is 5.32 Å². The zero-order chi connectivity index (χ0) is 16.4. The summed E-state index contributed by atoms with van der Waals surface area (Å²) < 4.78 is 0. The first-order valence-corrected chi connectivity index (χ1v) is 8.54. The van der Waals surface area contributed by atoms with Gasteiger partial charge in [0, 0.05) is 23.3 Å². The Morgan fingerprint density at radius 3 is 2.26 bits per heavy atom. The number of benzene rings is 1. The van der Waals surface area contributed by atoms with Crippen LogP contribution in [-0.2, 0) is 0 Å². The maximum absolute atomic E-state index is 13.0. The molecular weight excluding hydrogens is 290 g/mol. The van der Waals surface area contributed by atoms with E-state index >= 15 is 0 Å². The summed E-state index contributed by atoms with van der Waals surface area (Å²) in [7, 11) is 0. The smallest absolute Gasteiger partial charge is 0.316 e. The molecule has 23 heavy (non-hydrogen) atoms. The molecule has 0 saturated heterocycles. The van der Waals surface area contributed by atoms with Crippen molar-refractivity contribution in [1.29, 1.82) is 0 Å². The number of carbonyl (C=O) groups is 2. The van der Waals surface area contributed by atoms with Gasteiger partial charge in [-0.2, -0.15) is 0 Å². The molecule has 0 radical (unpaired) electrons. The highest BCUT2D eigenvalue weighted by Crippen LogP contribution is 2.36. The van der Waals surface area contributed by atoms with Crippen molar-refractivity contribution in [2.24, 2.45) is 11.7 Å². The van der Waals surface area contributed by atoms with Gasteiger partial charge in [-0.05, 0) is 62.6 Å².